The predicted molar refractivity (Wildman–Crippen MR) is 58.9 cm³/mol. The maximum absolute atomic E-state index is 12.3. The van der Waals surface area contributed by atoms with Gasteiger partial charge in [-0.25, -0.2) is 0 Å². The van der Waals surface area contributed by atoms with Gasteiger partial charge < -0.3 is 22.7 Å². The molecule has 0 bridgehead atoms. The van der Waals surface area contributed by atoms with Crippen molar-refractivity contribution < 1.29 is 64.3 Å². The smallest absolute Gasteiger partial charge is 0.448 e. The fourth-order valence-corrected chi connectivity index (χ4v) is 1.41. The first-order valence-corrected chi connectivity index (χ1v) is 5.29. The topological polar surface area (TPSA) is 6.48 Å². The molecule has 0 aliphatic rings. The van der Waals surface area contributed by atoms with E-state index in [1.807, 2.05) is 32.8 Å². The van der Waals surface area contributed by atoms with Gasteiger partial charge in [-0.15, -0.1) is 0 Å². The summed E-state index contributed by atoms with van der Waals surface area (Å²) in [5.74, 6) is 0.269. The molecular formula is C9H21BF3KN2. The van der Waals surface area contributed by atoms with E-state index >= 15 is 0 Å². The van der Waals surface area contributed by atoms with Crippen molar-refractivity contribution in [3.8, 4) is 0 Å². The van der Waals surface area contributed by atoms with Crippen LogP contribution in [0.3, 0.4) is 0 Å². The minimum Gasteiger partial charge on any atom is -0.448 e. The number of hydrogen-bond donors (Lipinski definition) is 0. The van der Waals surface area contributed by atoms with E-state index in [2.05, 4.69) is 0 Å². The fraction of sp³-hybridized carbons (Fsp3) is 1.00. The van der Waals surface area contributed by atoms with Crippen molar-refractivity contribution in [2.75, 3.05) is 40.2 Å². The molecule has 0 radical (unpaired) electrons. The molecule has 0 rings (SSSR count). The molecule has 0 spiro atoms. The molecule has 0 aliphatic carbocycles. The zero-order valence-corrected chi connectivity index (χ0v) is 14.1. The van der Waals surface area contributed by atoms with Gasteiger partial charge in [0.15, 0.2) is 0 Å². The van der Waals surface area contributed by atoms with E-state index in [1.165, 1.54) is 4.90 Å². The molecule has 7 heteroatoms. The molecule has 92 valence electrons. The van der Waals surface area contributed by atoms with Gasteiger partial charge in [-0.2, -0.15) is 0 Å². The summed E-state index contributed by atoms with van der Waals surface area (Å²) >= 11 is 0. The van der Waals surface area contributed by atoms with E-state index in [9.17, 15) is 12.9 Å². The number of nitrogens with zero attached hydrogens (tertiary/aromatic N) is 2. The minimum atomic E-state index is -4.71. The quantitative estimate of drug-likeness (QED) is 0.538. The maximum Gasteiger partial charge on any atom is 1.00 e. The SMILES string of the molecule is CC(C)CN(CCN(C)C)C[B-](F)(F)F.[K+]. The summed E-state index contributed by atoms with van der Waals surface area (Å²) in [6.45, 7) is 0.820. The third-order valence-electron chi connectivity index (χ3n) is 1.95. The summed E-state index contributed by atoms with van der Waals surface area (Å²) in [7, 11) is 3.73. The van der Waals surface area contributed by atoms with E-state index in [0.717, 1.165) is 0 Å². The van der Waals surface area contributed by atoms with Crippen LogP contribution in [0.4, 0.5) is 12.9 Å². The Kier molecular flexibility index (Phi) is 11.5. The van der Waals surface area contributed by atoms with E-state index in [0.29, 0.717) is 19.6 Å². The Morgan fingerprint density at radius 3 is 1.88 bits per heavy atom. The Bertz CT molecular complexity index is 177. The summed E-state index contributed by atoms with van der Waals surface area (Å²) in [6, 6.07) is 0. The van der Waals surface area contributed by atoms with Crippen molar-refractivity contribution >= 4 is 6.98 Å². The molecule has 0 heterocycles. The molecular weight excluding hydrogens is 243 g/mol. The van der Waals surface area contributed by atoms with Gasteiger partial charge in [0.25, 0.3) is 0 Å². The number of likely N-dealkylation sites (N-methyl/N-ethyl adjacent to an activating group) is 1. The van der Waals surface area contributed by atoms with Crippen molar-refractivity contribution in [3.05, 3.63) is 0 Å². The van der Waals surface area contributed by atoms with E-state index < -0.39 is 13.4 Å². The van der Waals surface area contributed by atoms with Crippen LogP contribution in [0.5, 0.6) is 0 Å². The summed E-state index contributed by atoms with van der Waals surface area (Å²) in [6.07, 6.45) is -0.744. The molecule has 2 nitrogen and oxygen atoms in total. The van der Waals surface area contributed by atoms with E-state index in [1.54, 1.807) is 0 Å². The second-order valence-corrected chi connectivity index (χ2v) is 4.67. The average molecular weight is 264 g/mol. The van der Waals surface area contributed by atoms with Crippen LogP contribution < -0.4 is 51.4 Å². The van der Waals surface area contributed by atoms with Crippen LogP contribution in [-0.2, 0) is 0 Å². The van der Waals surface area contributed by atoms with Crippen molar-refractivity contribution in [1.82, 2.24) is 9.80 Å². The predicted octanol–water partition coefficient (Wildman–Crippen LogP) is -1.10. The summed E-state index contributed by atoms with van der Waals surface area (Å²) < 4.78 is 36.9. The maximum atomic E-state index is 12.3. The van der Waals surface area contributed by atoms with E-state index in [4.69, 9.17) is 0 Å². The van der Waals surface area contributed by atoms with Crippen LogP contribution in [0.25, 0.3) is 0 Å². The van der Waals surface area contributed by atoms with Crippen LogP contribution in [0, 0.1) is 5.92 Å². The first-order chi connectivity index (χ1) is 6.70. The normalized spacial score (nSPS) is 12.4. The number of hydrogen-bond acceptors (Lipinski definition) is 2. The number of rotatable bonds is 7. The second-order valence-electron chi connectivity index (χ2n) is 4.67. The molecule has 0 fully saturated rings. The first kappa shape index (κ1) is 19.7. The molecule has 0 aromatic carbocycles. The van der Waals surface area contributed by atoms with Gasteiger partial charge in [-0.3, -0.25) is 0 Å². The Hall–Kier alpha value is 1.41. The summed E-state index contributed by atoms with van der Waals surface area (Å²) in [4.78, 5) is 3.39. The van der Waals surface area contributed by atoms with Crippen LogP contribution in [0.2, 0.25) is 0 Å². The Morgan fingerprint density at radius 1 is 1.06 bits per heavy atom. The summed E-state index contributed by atoms with van der Waals surface area (Å²) in [5, 5.41) is 0. The number of halogens is 3. The van der Waals surface area contributed by atoms with Crippen LogP contribution in [-0.4, -0.2) is 57.0 Å². The second kappa shape index (κ2) is 9.36. The molecule has 0 aromatic rings. The molecule has 0 saturated heterocycles. The Morgan fingerprint density at radius 2 is 1.56 bits per heavy atom. The molecule has 16 heavy (non-hydrogen) atoms. The van der Waals surface area contributed by atoms with Crippen LogP contribution >= 0.6 is 0 Å². The Labute approximate surface area is 139 Å². The average Bonchev–Trinajstić information content (AvgIpc) is 1.95. The molecule has 0 aromatic heterocycles. The van der Waals surface area contributed by atoms with Crippen molar-refractivity contribution in [3.63, 3.8) is 0 Å². The third-order valence-corrected chi connectivity index (χ3v) is 1.95. The van der Waals surface area contributed by atoms with Gasteiger partial charge in [-0.1, -0.05) is 13.8 Å². The zero-order valence-electron chi connectivity index (χ0n) is 11.0. The van der Waals surface area contributed by atoms with Crippen molar-refractivity contribution in [2.45, 2.75) is 13.8 Å². The molecule has 0 saturated carbocycles. The van der Waals surface area contributed by atoms with Crippen molar-refractivity contribution in [1.29, 1.82) is 0 Å². The fourth-order valence-electron chi connectivity index (χ4n) is 1.41. The largest absolute Gasteiger partial charge is 1.00 e. The monoisotopic (exact) mass is 264 g/mol. The molecule has 0 aliphatic heterocycles. The molecule has 0 unspecified atom stereocenters. The zero-order chi connectivity index (χ0) is 12.1. The van der Waals surface area contributed by atoms with Gasteiger partial charge >= 0.3 is 58.4 Å². The Balaban J connectivity index is 0. The first-order valence-electron chi connectivity index (χ1n) is 5.29. The summed E-state index contributed by atoms with van der Waals surface area (Å²) in [5.41, 5.74) is 0. The molecule has 0 atom stereocenters. The minimum absolute atomic E-state index is 0. The van der Waals surface area contributed by atoms with E-state index in [-0.39, 0.29) is 57.3 Å². The standard InChI is InChI=1S/C9H21BF3N2.K/c1-9(2)7-15(6-5-14(3)4)8-10(11,12)13;/h9H,5-8H2,1-4H3;/q-1;+1. The van der Waals surface area contributed by atoms with Gasteiger partial charge in [-0.05, 0) is 33.0 Å². The molecule has 0 amide bonds. The van der Waals surface area contributed by atoms with Gasteiger partial charge in [0.1, 0.15) is 0 Å². The van der Waals surface area contributed by atoms with Gasteiger partial charge in [0.2, 0.25) is 0 Å². The molecule has 0 N–H and O–H groups in total. The third kappa shape index (κ3) is 13.5. The van der Waals surface area contributed by atoms with Gasteiger partial charge in [0.05, 0.1) is 0 Å². The van der Waals surface area contributed by atoms with Gasteiger partial charge in [0, 0.05) is 13.1 Å². The van der Waals surface area contributed by atoms with Crippen LogP contribution in [0.1, 0.15) is 13.8 Å². The van der Waals surface area contributed by atoms with Crippen LogP contribution in [0.15, 0.2) is 0 Å². The van der Waals surface area contributed by atoms with Crippen molar-refractivity contribution in [2.24, 2.45) is 5.92 Å².